The molecule has 0 saturated carbocycles. The van der Waals surface area contributed by atoms with Gasteiger partial charge in [0.05, 0.1) is 0 Å². The number of carbonyl (C=O) groups is 2. The first-order chi connectivity index (χ1) is 10.6. The number of rotatable bonds is 6. The van der Waals surface area contributed by atoms with Crippen LogP contribution in [0, 0.1) is 0 Å². The molecule has 0 saturated heterocycles. The van der Waals surface area contributed by atoms with Crippen molar-refractivity contribution in [1.82, 2.24) is 4.98 Å². The number of carboxylic acid groups (broad SMARTS) is 1. The molecule has 1 heterocycles. The number of pyridine rings is 1. The molecule has 2 aromatic rings. The molecule has 0 aliphatic carbocycles. The minimum Gasteiger partial charge on any atom is -0.479 e. The van der Waals surface area contributed by atoms with Gasteiger partial charge in [-0.2, -0.15) is 0 Å². The first-order valence-corrected chi connectivity index (χ1v) is 6.68. The van der Waals surface area contributed by atoms with Crippen molar-refractivity contribution >= 4 is 17.8 Å². The Labute approximate surface area is 127 Å². The Morgan fingerprint density at radius 3 is 2.77 bits per heavy atom. The number of benzene rings is 1. The number of ether oxygens (including phenoxy) is 1. The normalized spacial score (nSPS) is 12.0. The molecule has 0 fully saturated rings. The number of aromatic nitrogens is 1. The smallest absolute Gasteiger partial charge is 0.344 e. The molecule has 22 heavy (non-hydrogen) atoms. The van der Waals surface area contributed by atoms with E-state index in [9.17, 15) is 9.59 Å². The van der Waals surface area contributed by atoms with Gasteiger partial charge in [0.1, 0.15) is 5.75 Å². The second kappa shape index (κ2) is 7.17. The Morgan fingerprint density at radius 1 is 1.27 bits per heavy atom. The molecule has 1 aromatic heterocycles. The number of aliphatic carboxylic acids is 1. The van der Waals surface area contributed by atoms with E-state index >= 15 is 0 Å². The van der Waals surface area contributed by atoms with E-state index < -0.39 is 12.1 Å². The van der Waals surface area contributed by atoms with Crippen LogP contribution in [0.15, 0.2) is 54.9 Å². The van der Waals surface area contributed by atoms with Crippen molar-refractivity contribution in [3.05, 3.63) is 66.0 Å². The molecule has 2 rings (SSSR count). The number of nitrogens with zero attached hydrogens (tertiary/aromatic N) is 1. The lowest BCUT2D eigenvalue weighted by molar-refractivity contribution is -0.144. The first kappa shape index (κ1) is 15.4. The highest BCUT2D eigenvalue weighted by Gasteiger charge is 2.12. The summed E-state index contributed by atoms with van der Waals surface area (Å²) >= 11 is 0. The van der Waals surface area contributed by atoms with Crippen LogP contribution < -0.4 is 4.74 Å². The molecule has 112 valence electrons. The summed E-state index contributed by atoms with van der Waals surface area (Å²) in [6.45, 7) is 1.46. The summed E-state index contributed by atoms with van der Waals surface area (Å²) < 4.78 is 5.28. The van der Waals surface area contributed by atoms with Crippen LogP contribution >= 0.6 is 0 Å². The van der Waals surface area contributed by atoms with Crippen LogP contribution in [-0.4, -0.2) is 27.9 Å². The SMILES string of the molecule is C[C@H](Oc1cccc(/C=C/C(=O)c2cccnc2)c1)C(=O)O. The summed E-state index contributed by atoms with van der Waals surface area (Å²) in [5.74, 6) is -0.753. The second-order valence-corrected chi connectivity index (χ2v) is 4.61. The molecule has 0 radical (unpaired) electrons. The number of ketones is 1. The van der Waals surface area contributed by atoms with E-state index in [1.165, 1.54) is 19.2 Å². The molecular weight excluding hydrogens is 282 g/mol. The maximum atomic E-state index is 11.9. The average molecular weight is 297 g/mol. The zero-order chi connectivity index (χ0) is 15.9. The molecule has 0 aliphatic heterocycles. The molecule has 0 aliphatic rings. The molecule has 1 N–H and O–H groups in total. The number of allylic oxidation sites excluding steroid dienone is 1. The Morgan fingerprint density at radius 2 is 2.09 bits per heavy atom. The fourth-order valence-electron chi connectivity index (χ4n) is 1.72. The first-order valence-electron chi connectivity index (χ1n) is 6.68. The minimum atomic E-state index is -1.03. The van der Waals surface area contributed by atoms with Gasteiger partial charge in [-0.05, 0) is 42.8 Å². The molecular formula is C17H15NO4. The standard InChI is InChI=1S/C17H15NO4/c1-12(17(20)21)22-15-6-2-4-13(10-15)7-8-16(19)14-5-3-9-18-11-14/h2-12H,1H3,(H,20,21)/b8-7+/t12-/m0/s1. The molecule has 1 atom stereocenters. The summed E-state index contributed by atoms with van der Waals surface area (Å²) in [5, 5.41) is 8.83. The van der Waals surface area contributed by atoms with E-state index in [4.69, 9.17) is 9.84 Å². The van der Waals surface area contributed by atoms with E-state index in [1.54, 1.807) is 48.7 Å². The number of carboxylic acids is 1. The highest BCUT2D eigenvalue weighted by Crippen LogP contribution is 2.16. The van der Waals surface area contributed by atoms with Gasteiger partial charge >= 0.3 is 5.97 Å². The summed E-state index contributed by atoms with van der Waals surface area (Å²) in [4.78, 5) is 26.6. The van der Waals surface area contributed by atoms with Crippen molar-refractivity contribution in [2.24, 2.45) is 0 Å². The summed E-state index contributed by atoms with van der Waals surface area (Å²) in [6.07, 6.45) is 5.26. The van der Waals surface area contributed by atoms with Crippen molar-refractivity contribution < 1.29 is 19.4 Å². The minimum absolute atomic E-state index is 0.154. The Balaban J connectivity index is 2.08. The lowest BCUT2D eigenvalue weighted by atomic mass is 10.1. The van der Waals surface area contributed by atoms with E-state index in [0.717, 1.165) is 5.56 Å². The van der Waals surface area contributed by atoms with Gasteiger partial charge in [-0.25, -0.2) is 4.79 Å². The van der Waals surface area contributed by atoms with Crippen LogP contribution in [-0.2, 0) is 4.79 Å². The molecule has 0 amide bonds. The quantitative estimate of drug-likeness (QED) is 0.655. The van der Waals surface area contributed by atoms with Gasteiger partial charge < -0.3 is 9.84 Å². The Hall–Kier alpha value is -2.95. The van der Waals surface area contributed by atoms with E-state index in [0.29, 0.717) is 11.3 Å². The molecule has 0 unspecified atom stereocenters. The van der Waals surface area contributed by atoms with E-state index in [1.807, 2.05) is 0 Å². The van der Waals surface area contributed by atoms with Crippen LogP contribution in [0.5, 0.6) is 5.75 Å². The molecule has 5 heteroatoms. The highest BCUT2D eigenvalue weighted by atomic mass is 16.5. The summed E-state index contributed by atoms with van der Waals surface area (Å²) in [7, 11) is 0. The molecule has 0 bridgehead atoms. The van der Waals surface area contributed by atoms with Gasteiger partial charge in [0, 0.05) is 18.0 Å². The maximum absolute atomic E-state index is 11.9. The van der Waals surface area contributed by atoms with Crippen LogP contribution in [0.1, 0.15) is 22.8 Å². The largest absolute Gasteiger partial charge is 0.479 e. The third-order valence-corrected chi connectivity index (χ3v) is 2.89. The lowest BCUT2D eigenvalue weighted by Gasteiger charge is -2.10. The molecule has 5 nitrogen and oxygen atoms in total. The predicted molar refractivity (Wildman–Crippen MR) is 81.8 cm³/mol. The zero-order valence-electron chi connectivity index (χ0n) is 12.0. The third kappa shape index (κ3) is 4.28. The van der Waals surface area contributed by atoms with Gasteiger partial charge in [0.15, 0.2) is 11.9 Å². The second-order valence-electron chi connectivity index (χ2n) is 4.61. The summed E-state index contributed by atoms with van der Waals surface area (Å²) in [6, 6.07) is 10.3. The lowest BCUT2D eigenvalue weighted by Crippen LogP contribution is -2.22. The summed E-state index contributed by atoms with van der Waals surface area (Å²) in [5.41, 5.74) is 1.25. The highest BCUT2D eigenvalue weighted by molar-refractivity contribution is 6.06. The predicted octanol–water partition coefficient (Wildman–Crippen LogP) is 2.83. The monoisotopic (exact) mass is 297 g/mol. The topological polar surface area (TPSA) is 76.5 Å². The van der Waals surface area contributed by atoms with Crippen molar-refractivity contribution in [3.8, 4) is 5.75 Å². The third-order valence-electron chi connectivity index (χ3n) is 2.89. The zero-order valence-corrected chi connectivity index (χ0v) is 12.0. The van der Waals surface area contributed by atoms with Crippen molar-refractivity contribution in [1.29, 1.82) is 0 Å². The maximum Gasteiger partial charge on any atom is 0.344 e. The van der Waals surface area contributed by atoms with Crippen molar-refractivity contribution in [3.63, 3.8) is 0 Å². The number of hydrogen-bond donors (Lipinski definition) is 1. The average Bonchev–Trinajstić information content (AvgIpc) is 2.53. The van der Waals surface area contributed by atoms with Crippen LogP contribution in [0.25, 0.3) is 6.08 Å². The molecule has 1 aromatic carbocycles. The van der Waals surface area contributed by atoms with Gasteiger partial charge in [-0.3, -0.25) is 9.78 Å². The number of hydrogen-bond acceptors (Lipinski definition) is 4. The number of carbonyl (C=O) groups excluding carboxylic acids is 1. The van der Waals surface area contributed by atoms with Crippen LogP contribution in [0.2, 0.25) is 0 Å². The van der Waals surface area contributed by atoms with Gasteiger partial charge in [0.2, 0.25) is 0 Å². The fraction of sp³-hybridized carbons (Fsp3) is 0.118. The Bertz CT molecular complexity index is 695. The Kier molecular flexibility index (Phi) is 5.03. The van der Waals surface area contributed by atoms with Crippen LogP contribution in [0.3, 0.4) is 0 Å². The van der Waals surface area contributed by atoms with Crippen LogP contribution in [0.4, 0.5) is 0 Å². The van der Waals surface area contributed by atoms with Gasteiger partial charge in [-0.1, -0.05) is 18.2 Å². The van der Waals surface area contributed by atoms with Crippen molar-refractivity contribution in [2.45, 2.75) is 13.0 Å². The van der Waals surface area contributed by atoms with E-state index in [-0.39, 0.29) is 5.78 Å². The van der Waals surface area contributed by atoms with Gasteiger partial charge in [-0.15, -0.1) is 0 Å². The van der Waals surface area contributed by atoms with E-state index in [2.05, 4.69) is 4.98 Å². The fourth-order valence-corrected chi connectivity index (χ4v) is 1.72. The van der Waals surface area contributed by atoms with Gasteiger partial charge in [0.25, 0.3) is 0 Å². The van der Waals surface area contributed by atoms with Crippen molar-refractivity contribution in [2.75, 3.05) is 0 Å². The molecule has 0 spiro atoms.